The first-order valence-corrected chi connectivity index (χ1v) is 7.44. The molecule has 1 aliphatic carbocycles. The van der Waals surface area contributed by atoms with Crippen LogP contribution < -0.4 is 10.1 Å². The van der Waals surface area contributed by atoms with Gasteiger partial charge < -0.3 is 15.2 Å². The standard InChI is InChI=1S/C14H15BrClNO4/c1-14(2)9(10(14)13(19)20)12(18)17-8-5-6(16)4-7(15)11(8)21-3/h4-5,9-10H,1-3H3,(H,17,18)(H,19,20)/t9-,10+/m1/s1. The molecule has 1 saturated carbocycles. The minimum atomic E-state index is -0.959. The molecule has 114 valence electrons. The zero-order valence-corrected chi connectivity index (χ0v) is 14.1. The van der Waals surface area contributed by atoms with Crippen molar-refractivity contribution in [3.8, 4) is 5.75 Å². The number of anilines is 1. The van der Waals surface area contributed by atoms with E-state index >= 15 is 0 Å². The molecule has 0 aliphatic heterocycles. The number of halogens is 2. The van der Waals surface area contributed by atoms with Gasteiger partial charge in [-0.25, -0.2) is 0 Å². The Bertz CT molecular complexity index is 617. The van der Waals surface area contributed by atoms with E-state index in [1.54, 1.807) is 26.0 Å². The van der Waals surface area contributed by atoms with Crippen molar-refractivity contribution in [3.05, 3.63) is 21.6 Å². The van der Waals surface area contributed by atoms with Crippen LogP contribution in [0.1, 0.15) is 13.8 Å². The highest BCUT2D eigenvalue weighted by atomic mass is 79.9. The van der Waals surface area contributed by atoms with Gasteiger partial charge in [-0.1, -0.05) is 25.4 Å². The smallest absolute Gasteiger partial charge is 0.307 e. The Morgan fingerprint density at radius 3 is 2.48 bits per heavy atom. The van der Waals surface area contributed by atoms with Crippen molar-refractivity contribution in [3.63, 3.8) is 0 Å². The maximum Gasteiger partial charge on any atom is 0.307 e. The summed E-state index contributed by atoms with van der Waals surface area (Å²) < 4.78 is 5.83. The highest BCUT2D eigenvalue weighted by molar-refractivity contribution is 9.10. The third kappa shape index (κ3) is 2.87. The summed E-state index contributed by atoms with van der Waals surface area (Å²) in [5.74, 6) is -2.11. The van der Waals surface area contributed by atoms with Gasteiger partial charge in [-0.15, -0.1) is 0 Å². The van der Waals surface area contributed by atoms with Crippen LogP contribution in [0.5, 0.6) is 5.75 Å². The van der Waals surface area contributed by atoms with Gasteiger partial charge in [0, 0.05) is 5.02 Å². The molecule has 7 heteroatoms. The van der Waals surface area contributed by atoms with Gasteiger partial charge >= 0.3 is 5.97 Å². The van der Waals surface area contributed by atoms with E-state index < -0.39 is 23.2 Å². The van der Waals surface area contributed by atoms with Crippen molar-refractivity contribution in [2.45, 2.75) is 13.8 Å². The third-order valence-corrected chi connectivity index (χ3v) is 4.65. The Kier molecular flexibility index (Phi) is 4.22. The van der Waals surface area contributed by atoms with Crippen LogP contribution in [0.15, 0.2) is 16.6 Å². The first-order valence-electron chi connectivity index (χ1n) is 6.26. The van der Waals surface area contributed by atoms with Gasteiger partial charge in [0.15, 0.2) is 5.75 Å². The fourth-order valence-corrected chi connectivity index (χ4v) is 3.63. The number of nitrogens with one attached hydrogen (secondary N) is 1. The maximum absolute atomic E-state index is 12.3. The van der Waals surface area contributed by atoms with Gasteiger partial charge in [0.1, 0.15) is 0 Å². The van der Waals surface area contributed by atoms with E-state index in [9.17, 15) is 9.59 Å². The predicted octanol–water partition coefficient (Wildman–Crippen LogP) is 3.41. The Hall–Kier alpha value is -1.27. The normalized spacial score (nSPS) is 22.5. The third-order valence-electron chi connectivity index (χ3n) is 3.85. The minimum absolute atomic E-state index is 0.347. The first-order chi connectivity index (χ1) is 9.70. The molecule has 0 bridgehead atoms. The molecular weight excluding hydrogens is 362 g/mol. The van der Waals surface area contributed by atoms with Crippen LogP contribution in [0.2, 0.25) is 5.02 Å². The van der Waals surface area contributed by atoms with E-state index in [2.05, 4.69) is 21.2 Å². The number of ether oxygens (including phenoxy) is 1. The second-order valence-corrected chi connectivity index (χ2v) is 6.86. The fraction of sp³-hybridized carbons (Fsp3) is 0.429. The fourth-order valence-electron chi connectivity index (χ4n) is 2.66. The summed E-state index contributed by atoms with van der Waals surface area (Å²) in [5, 5.41) is 12.3. The van der Waals surface area contributed by atoms with Crippen molar-refractivity contribution in [2.75, 3.05) is 12.4 Å². The van der Waals surface area contributed by atoms with E-state index in [1.165, 1.54) is 7.11 Å². The molecule has 1 amide bonds. The van der Waals surface area contributed by atoms with Crippen molar-refractivity contribution in [1.82, 2.24) is 0 Å². The van der Waals surface area contributed by atoms with Crippen LogP contribution in [-0.2, 0) is 9.59 Å². The average molecular weight is 377 g/mol. The first kappa shape index (κ1) is 16.1. The number of methoxy groups -OCH3 is 1. The van der Waals surface area contributed by atoms with Crippen LogP contribution in [0.4, 0.5) is 5.69 Å². The van der Waals surface area contributed by atoms with E-state index in [4.69, 9.17) is 21.4 Å². The lowest BCUT2D eigenvalue weighted by Gasteiger charge is -2.13. The van der Waals surface area contributed by atoms with Crippen LogP contribution in [0.3, 0.4) is 0 Å². The van der Waals surface area contributed by atoms with E-state index in [-0.39, 0.29) is 5.91 Å². The number of rotatable bonds is 4. The lowest BCUT2D eigenvalue weighted by molar-refractivity contribution is -0.140. The molecule has 2 atom stereocenters. The van der Waals surface area contributed by atoms with E-state index in [0.29, 0.717) is 20.9 Å². The molecule has 0 heterocycles. The quantitative estimate of drug-likeness (QED) is 0.844. The number of benzene rings is 1. The number of hydrogen-bond acceptors (Lipinski definition) is 3. The van der Waals surface area contributed by atoms with Gasteiger partial charge in [-0.3, -0.25) is 9.59 Å². The number of aliphatic carboxylic acids is 1. The summed E-state index contributed by atoms with van der Waals surface area (Å²) >= 11 is 9.27. The van der Waals surface area contributed by atoms with Crippen LogP contribution in [0, 0.1) is 17.3 Å². The second kappa shape index (κ2) is 5.50. The molecule has 21 heavy (non-hydrogen) atoms. The molecule has 1 aromatic carbocycles. The van der Waals surface area contributed by atoms with Gasteiger partial charge in [0.25, 0.3) is 0 Å². The highest BCUT2D eigenvalue weighted by Crippen LogP contribution is 2.58. The molecule has 5 nitrogen and oxygen atoms in total. The minimum Gasteiger partial charge on any atom is -0.493 e. The zero-order valence-electron chi connectivity index (χ0n) is 11.7. The Balaban J connectivity index is 2.24. The molecule has 1 aliphatic rings. The Morgan fingerprint density at radius 1 is 1.38 bits per heavy atom. The van der Waals surface area contributed by atoms with Crippen LogP contribution in [0.25, 0.3) is 0 Å². The molecular formula is C14H15BrClNO4. The van der Waals surface area contributed by atoms with Crippen LogP contribution in [-0.4, -0.2) is 24.1 Å². The number of hydrogen-bond donors (Lipinski definition) is 2. The summed E-state index contributed by atoms with van der Waals surface area (Å²) in [6.07, 6.45) is 0. The summed E-state index contributed by atoms with van der Waals surface area (Å²) in [5.41, 5.74) is -0.146. The lowest BCUT2D eigenvalue weighted by atomic mass is 10.1. The SMILES string of the molecule is COc1c(Br)cc(Cl)cc1NC(=O)[C@H]1[C@@H](C(=O)O)C1(C)C. The summed E-state index contributed by atoms with van der Waals surface area (Å²) in [6.45, 7) is 3.53. The molecule has 2 N–H and O–H groups in total. The molecule has 0 spiro atoms. The van der Waals surface area contributed by atoms with Crippen molar-refractivity contribution in [1.29, 1.82) is 0 Å². The molecule has 0 radical (unpaired) electrons. The average Bonchev–Trinajstić information content (AvgIpc) is 2.92. The Morgan fingerprint density at radius 2 is 2.00 bits per heavy atom. The van der Waals surface area contributed by atoms with Crippen molar-refractivity contribution in [2.24, 2.45) is 17.3 Å². The van der Waals surface area contributed by atoms with E-state index in [0.717, 1.165) is 0 Å². The monoisotopic (exact) mass is 375 g/mol. The Labute approximate surface area is 135 Å². The number of carbonyl (C=O) groups excluding carboxylic acids is 1. The topological polar surface area (TPSA) is 75.6 Å². The number of carboxylic acids is 1. The van der Waals surface area contributed by atoms with Crippen molar-refractivity contribution >= 4 is 45.1 Å². The molecule has 1 fully saturated rings. The van der Waals surface area contributed by atoms with Gasteiger partial charge in [-0.05, 0) is 33.5 Å². The molecule has 0 aromatic heterocycles. The summed E-state index contributed by atoms with van der Waals surface area (Å²) in [6, 6.07) is 3.21. The van der Waals surface area contributed by atoms with Gasteiger partial charge in [-0.2, -0.15) is 0 Å². The lowest BCUT2D eigenvalue weighted by Crippen LogP contribution is -2.18. The van der Waals surface area contributed by atoms with Gasteiger partial charge in [0.05, 0.1) is 29.1 Å². The highest BCUT2D eigenvalue weighted by Gasteiger charge is 2.65. The molecule has 2 rings (SSSR count). The van der Waals surface area contributed by atoms with Crippen molar-refractivity contribution < 1.29 is 19.4 Å². The molecule has 0 unspecified atom stereocenters. The number of carbonyl (C=O) groups is 2. The summed E-state index contributed by atoms with van der Waals surface area (Å²) in [4.78, 5) is 23.5. The molecule has 0 saturated heterocycles. The summed E-state index contributed by atoms with van der Waals surface area (Å²) in [7, 11) is 1.48. The zero-order chi connectivity index (χ0) is 15.9. The number of carboxylic acid groups (broad SMARTS) is 1. The van der Waals surface area contributed by atoms with E-state index in [1.807, 2.05) is 0 Å². The maximum atomic E-state index is 12.3. The predicted molar refractivity (Wildman–Crippen MR) is 82.7 cm³/mol. The molecule has 1 aromatic rings. The second-order valence-electron chi connectivity index (χ2n) is 5.57. The van der Waals surface area contributed by atoms with Gasteiger partial charge in [0.2, 0.25) is 5.91 Å². The van der Waals surface area contributed by atoms with Crippen LogP contribution >= 0.6 is 27.5 Å². The number of amides is 1. The largest absolute Gasteiger partial charge is 0.493 e.